The molecule has 0 bridgehead atoms. The van der Waals surface area contributed by atoms with Gasteiger partial charge in [-0.3, -0.25) is 0 Å². The van der Waals surface area contributed by atoms with Gasteiger partial charge in [0.05, 0.1) is 11.2 Å². The summed E-state index contributed by atoms with van der Waals surface area (Å²) >= 11 is 3.60. The highest BCUT2D eigenvalue weighted by Crippen LogP contribution is 2.39. The maximum Gasteiger partial charge on any atom is 0.505 e. The van der Waals surface area contributed by atoms with Gasteiger partial charge in [-0.05, 0) is 45.4 Å². The van der Waals surface area contributed by atoms with Crippen molar-refractivity contribution in [1.82, 2.24) is 0 Å². The molecule has 3 heterocycles. The Morgan fingerprint density at radius 2 is 1.43 bits per heavy atom. The van der Waals surface area contributed by atoms with Gasteiger partial charge in [-0.15, -0.1) is 22.7 Å². The second kappa shape index (κ2) is 5.18. The smallest absolute Gasteiger partial charge is 0.399 e. The molecule has 0 aliphatic carbocycles. The third-order valence-corrected chi connectivity index (χ3v) is 7.13. The first kappa shape index (κ1) is 15.4. The SMILES string of the molecule is CC1(C)OB(c2cc3sc(-c4ccccc4)cc3s2)OC1(C)C. The highest BCUT2D eigenvalue weighted by Gasteiger charge is 2.52. The van der Waals surface area contributed by atoms with E-state index < -0.39 is 0 Å². The Morgan fingerprint density at radius 1 is 0.826 bits per heavy atom. The number of rotatable bonds is 2. The lowest BCUT2D eigenvalue weighted by Gasteiger charge is -2.32. The second-order valence-electron chi connectivity index (χ2n) is 6.94. The van der Waals surface area contributed by atoms with E-state index in [1.54, 1.807) is 11.3 Å². The molecule has 4 rings (SSSR count). The second-order valence-corrected chi connectivity index (χ2v) is 9.14. The third-order valence-electron chi connectivity index (χ3n) is 4.77. The molecule has 0 spiro atoms. The molecule has 0 unspecified atom stereocenters. The Kier molecular flexibility index (Phi) is 3.47. The van der Waals surface area contributed by atoms with E-state index in [0.29, 0.717) is 0 Å². The van der Waals surface area contributed by atoms with Crippen molar-refractivity contribution in [3.05, 3.63) is 42.5 Å². The van der Waals surface area contributed by atoms with Gasteiger partial charge >= 0.3 is 7.12 Å². The van der Waals surface area contributed by atoms with Crippen LogP contribution in [0.4, 0.5) is 0 Å². The first-order valence-electron chi connectivity index (χ1n) is 7.80. The predicted octanol–water partition coefficient (Wildman–Crippen LogP) is 4.93. The van der Waals surface area contributed by atoms with Crippen LogP contribution in [0.25, 0.3) is 19.8 Å². The van der Waals surface area contributed by atoms with Crippen LogP contribution < -0.4 is 4.78 Å². The number of fused-ring (bicyclic) bond motifs is 1. The van der Waals surface area contributed by atoms with Gasteiger partial charge in [-0.1, -0.05) is 30.3 Å². The van der Waals surface area contributed by atoms with Crippen LogP contribution in [0.5, 0.6) is 0 Å². The summed E-state index contributed by atoms with van der Waals surface area (Å²) < 4.78 is 16.1. The zero-order valence-corrected chi connectivity index (χ0v) is 15.4. The number of thiophene rings is 2. The van der Waals surface area contributed by atoms with Gasteiger partial charge in [0.15, 0.2) is 0 Å². The molecular weight excluding hydrogens is 323 g/mol. The number of benzene rings is 1. The van der Waals surface area contributed by atoms with Crippen molar-refractivity contribution in [2.75, 3.05) is 0 Å². The normalized spacial score (nSPS) is 19.6. The van der Waals surface area contributed by atoms with Crippen molar-refractivity contribution < 1.29 is 9.31 Å². The highest BCUT2D eigenvalue weighted by molar-refractivity contribution is 7.34. The minimum Gasteiger partial charge on any atom is -0.399 e. The van der Waals surface area contributed by atoms with E-state index in [9.17, 15) is 0 Å². The van der Waals surface area contributed by atoms with Crippen LogP contribution in [-0.2, 0) is 9.31 Å². The summed E-state index contributed by atoms with van der Waals surface area (Å²) in [4.78, 5) is 1.31. The maximum absolute atomic E-state index is 6.16. The minimum atomic E-state index is -0.287. The fourth-order valence-corrected chi connectivity index (χ4v) is 5.05. The molecule has 1 aliphatic heterocycles. The quantitative estimate of drug-likeness (QED) is 0.615. The molecule has 118 valence electrons. The Hall–Kier alpha value is -1.14. The largest absolute Gasteiger partial charge is 0.505 e. The highest BCUT2D eigenvalue weighted by atomic mass is 32.1. The van der Waals surface area contributed by atoms with E-state index >= 15 is 0 Å². The van der Waals surface area contributed by atoms with Crippen LogP contribution in [0.3, 0.4) is 0 Å². The molecule has 2 nitrogen and oxygen atoms in total. The van der Waals surface area contributed by atoms with Gasteiger partial charge in [-0.25, -0.2) is 0 Å². The standard InChI is InChI=1S/C18H19BO2S2/c1-17(2)18(3,4)21-19(20-17)16-11-15-14(23-16)10-13(22-15)12-8-6-5-7-9-12/h5-11H,1-4H3. The molecule has 1 aromatic carbocycles. The Labute approximate surface area is 145 Å². The molecule has 3 aromatic rings. The van der Waals surface area contributed by atoms with Crippen molar-refractivity contribution in [2.24, 2.45) is 0 Å². The molecule has 1 aliphatic rings. The molecule has 5 heteroatoms. The van der Waals surface area contributed by atoms with Crippen molar-refractivity contribution in [3.63, 3.8) is 0 Å². The van der Waals surface area contributed by atoms with Crippen LogP contribution in [0, 0.1) is 0 Å². The monoisotopic (exact) mass is 342 g/mol. The van der Waals surface area contributed by atoms with Crippen molar-refractivity contribution in [1.29, 1.82) is 0 Å². The van der Waals surface area contributed by atoms with Crippen molar-refractivity contribution >= 4 is 44.0 Å². The van der Waals surface area contributed by atoms with Crippen molar-refractivity contribution in [3.8, 4) is 10.4 Å². The Bertz CT molecular complexity index is 801. The minimum absolute atomic E-state index is 0.259. The molecule has 0 atom stereocenters. The summed E-state index contributed by atoms with van der Waals surface area (Å²) in [5.41, 5.74) is 0.701. The van der Waals surface area contributed by atoms with E-state index in [1.165, 1.54) is 19.8 Å². The van der Waals surface area contributed by atoms with E-state index in [1.807, 2.05) is 11.3 Å². The summed E-state index contributed by atoms with van der Waals surface area (Å²) in [7, 11) is -0.259. The summed E-state index contributed by atoms with van der Waals surface area (Å²) in [5.74, 6) is 0. The van der Waals surface area contributed by atoms with E-state index in [2.05, 4.69) is 70.2 Å². The maximum atomic E-state index is 6.16. The lowest BCUT2D eigenvalue weighted by atomic mass is 9.88. The van der Waals surface area contributed by atoms with Crippen LogP contribution in [0.15, 0.2) is 42.5 Å². The molecule has 0 radical (unpaired) electrons. The molecule has 0 N–H and O–H groups in total. The number of hydrogen-bond donors (Lipinski definition) is 0. The summed E-state index contributed by atoms with van der Waals surface area (Å²) in [5, 5.41) is 0. The fraction of sp³-hybridized carbons (Fsp3) is 0.333. The Balaban J connectivity index is 1.66. The summed E-state index contributed by atoms with van der Waals surface area (Å²) in [6.45, 7) is 8.37. The first-order chi connectivity index (χ1) is 10.9. The average molecular weight is 342 g/mol. The molecule has 0 amide bonds. The van der Waals surface area contributed by atoms with Crippen LogP contribution >= 0.6 is 22.7 Å². The first-order valence-corrected chi connectivity index (χ1v) is 9.43. The van der Waals surface area contributed by atoms with Gasteiger partial charge in [0.2, 0.25) is 0 Å². The average Bonchev–Trinajstić information content (AvgIpc) is 3.10. The molecule has 2 aromatic heterocycles. The van der Waals surface area contributed by atoms with Crippen LogP contribution in [0.1, 0.15) is 27.7 Å². The number of hydrogen-bond acceptors (Lipinski definition) is 4. The molecule has 23 heavy (non-hydrogen) atoms. The van der Waals surface area contributed by atoms with Crippen molar-refractivity contribution in [2.45, 2.75) is 38.9 Å². The van der Waals surface area contributed by atoms with E-state index in [0.717, 1.165) is 4.78 Å². The summed E-state index contributed by atoms with van der Waals surface area (Å²) in [6, 6.07) is 15.0. The molecule has 1 saturated heterocycles. The Morgan fingerprint density at radius 3 is 2.04 bits per heavy atom. The molecule has 1 fully saturated rings. The third kappa shape index (κ3) is 2.56. The lowest BCUT2D eigenvalue weighted by molar-refractivity contribution is 0.00578. The molecular formula is C18H19BO2S2. The van der Waals surface area contributed by atoms with Crippen LogP contribution in [0.2, 0.25) is 0 Å². The van der Waals surface area contributed by atoms with E-state index in [4.69, 9.17) is 9.31 Å². The van der Waals surface area contributed by atoms with Gasteiger partial charge in [0, 0.05) is 19.1 Å². The zero-order chi connectivity index (χ0) is 16.2. The fourth-order valence-electron chi connectivity index (χ4n) is 2.67. The molecule has 0 saturated carbocycles. The van der Waals surface area contributed by atoms with Crippen LogP contribution in [-0.4, -0.2) is 18.3 Å². The predicted molar refractivity (Wildman–Crippen MR) is 101 cm³/mol. The zero-order valence-electron chi connectivity index (χ0n) is 13.8. The topological polar surface area (TPSA) is 18.5 Å². The van der Waals surface area contributed by atoms with Gasteiger partial charge in [-0.2, -0.15) is 0 Å². The van der Waals surface area contributed by atoms with Gasteiger partial charge in [0.25, 0.3) is 0 Å². The summed E-state index contributed by atoms with van der Waals surface area (Å²) in [6.07, 6.45) is 0. The van der Waals surface area contributed by atoms with Gasteiger partial charge < -0.3 is 9.31 Å². The van der Waals surface area contributed by atoms with Gasteiger partial charge in [0.1, 0.15) is 0 Å². The lowest BCUT2D eigenvalue weighted by Crippen LogP contribution is -2.41. The van der Waals surface area contributed by atoms with E-state index in [-0.39, 0.29) is 18.3 Å².